The van der Waals surface area contributed by atoms with Gasteiger partial charge in [-0.25, -0.2) is 0 Å². The van der Waals surface area contributed by atoms with E-state index in [-0.39, 0.29) is 17.6 Å². The Morgan fingerprint density at radius 1 is 1.29 bits per heavy atom. The molecule has 1 aromatic rings. The molecule has 0 spiro atoms. The predicted octanol–water partition coefficient (Wildman–Crippen LogP) is 2.09. The van der Waals surface area contributed by atoms with Crippen LogP contribution in [-0.2, 0) is 14.3 Å². The second kappa shape index (κ2) is 4.63. The Morgan fingerprint density at radius 2 is 1.94 bits per heavy atom. The molecule has 17 heavy (non-hydrogen) atoms. The normalized spacial score (nSPS) is 22.6. The van der Waals surface area contributed by atoms with Crippen LogP contribution >= 0.6 is 0 Å². The molecule has 2 atom stereocenters. The quantitative estimate of drug-likeness (QED) is 0.587. The molecule has 0 bridgehead atoms. The smallest absolute Gasteiger partial charge is 0.224 e. The number of Topliss-reactive ketones (excluding diaryl/α,β-unsaturated/α-hetero) is 2. The Balaban J connectivity index is 2.12. The number of carbonyl (C=O) groups is 2. The van der Waals surface area contributed by atoms with Gasteiger partial charge in [0.1, 0.15) is 0 Å². The summed E-state index contributed by atoms with van der Waals surface area (Å²) in [6.07, 6.45) is -0.285. The summed E-state index contributed by atoms with van der Waals surface area (Å²) in [5.41, 5.74) is 1.22. The minimum Gasteiger partial charge on any atom is -0.372 e. The van der Waals surface area contributed by atoms with Crippen LogP contribution in [0, 0.1) is 5.92 Å². The maximum absolute atomic E-state index is 11.9. The van der Waals surface area contributed by atoms with Crippen molar-refractivity contribution in [1.82, 2.24) is 0 Å². The number of hydrogen-bond acceptors (Lipinski definition) is 3. The molecule has 1 aliphatic rings. The molecule has 0 aliphatic carbocycles. The first-order valence-corrected chi connectivity index (χ1v) is 5.52. The van der Waals surface area contributed by atoms with Crippen molar-refractivity contribution >= 4 is 11.6 Å². The zero-order chi connectivity index (χ0) is 12.4. The Bertz CT molecular complexity index is 462. The van der Waals surface area contributed by atoms with Crippen LogP contribution < -0.4 is 0 Å². The zero-order valence-electron chi connectivity index (χ0n) is 9.68. The highest BCUT2D eigenvalue weighted by atomic mass is 16.5. The summed E-state index contributed by atoms with van der Waals surface area (Å²) in [6.45, 7) is 5.37. The fraction of sp³-hybridized carbons (Fsp3) is 0.286. The van der Waals surface area contributed by atoms with Crippen LogP contribution in [0.1, 0.15) is 18.6 Å². The predicted molar refractivity (Wildman–Crippen MR) is 63.5 cm³/mol. The van der Waals surface area contributed by atoms with E-state index in [0.717, 1.165) is 5.56 Å². The third-order valence-corrected chi connectivity index (χ3v) is 2.90. The molecule has 0 aromatic heterocycles. The van der Waals surface area contributed by atoms with Crippen molar-refractivity contribution in [2.24, 2.45) is 5.92 Å². The number of ether oxygens (including phenoxy) is 1. The summed E-state index contributed by atoms with van der Waals surface area (Å²) in [4.78, 5) is 23.4. The topological polar surface area (TPSA) is 43.4 Å². The van der Waals surface area contributed by atoms with E-state index in [2.05, 4.69) is 6.58 Å². The van der Waals surface area contributed by atoms with Gasteiger partial charge in [-0.3, -0.25) is 9.59 Å². The number of benzene rings is 1. The van der Waals surface area contributed by atoms with Gasteiger partial charge in [0.05, 0.1) is 18.6 Å². The highest BCUT2D eigenvalue weighted by molar-refractivity contribution is 6.44. The van der Waals surface area contributed by atoms with Gasteiger partial charge in [-0.2, -0.15) is 0 Å². The Labute approximate surface area is 100 Å². The van der Waals surface area contributed by atoms with Gasteiger partial charge >= 0.3 is 0 Å². The first kappa shape index (κ1) is 11.7. The maximum Gasteiger partial charge on any atom is 0.224 e. The molecule has 0 saturated carbocycles. The van der Waals surface area contributed by atoms with Crippen LogP contribution in [0.15, 0.2) is 42.5 Å². The number of rotatable bonds is 4. The third-order valence-electron chi connectivity index (χ3n) is 2.90. The summed E-state index contributed by atoms with van der Waals surface area (Å²) in [7, 11) is 0. The summed E-state index contributed by atoms with van der Waals surface area (Å²) in [5, 5.41) is 0. The van der Waals surface area contributed by atoms with Crippen molar-refractivity contribution in [2.45, 2.75) is 13.0 Å². The third kappa shape index (κ3) is 2.19. The molecule has 0 radical (unpaired) electrons. The van der Waals surface area contributed by atoms with Gasteiger partial charge in [0.2, 0.25) is 11.6 Å². The van der Waals surface area contributed by atoms with Crippen LogP contribution in [0.3, 0.4) is 0 Å². The molecular formula is C14H14O3. The molecule has 3 nitrogen and oxygen atoms in total. The second-order valence-electron chi connectivity index (χ2n) is 4.24. The van der Waals surface area contributed by atoms with Crippen molar-refractivity contribution in [1.29, 1.82) is 0 Å². The van der Waals surface area contributed by atoms with E-state index in [4.69, 9.17) is 4.74 Å². The molecule has 2 rings (SSSR count). The van der Waals surface area contributed by atoms with Crippen LogP contribution in [0.25, 0.3) is 0 Å². The summed E-state index contributed by atoms with van der Waals surface area (Å²) in [6, 6.07) is 9.47. The van der Waals surface area contributed by atoms with Gasteiger partial charge in [0.15, 0.2) is 0 Å². The van der Waals surface area contributed by atoms with Gasteiger partial charge in [-0.05, 0) is 18.1 Å². The number of allylic oxidation sites excluding steroid dienone is 1. The number of hydrogen-bond donors (Lipinski definition) is 0. The molecule has 0 N–H and O–H groups in total. The van der Waals surface area contributed by atoms with E-state index in [1.54, 1.807) is 6.92 Å². The van der Waals surface area contributed by atoms with E-state index in [1.165, 1.54) is 0 Å². The molecule has 1 heterocycles. The van der Waals surface area contributed by atoms with E-state index in [1.807, 2.05) is 30.3 Å². The Hall–Kier alpha value is -1.74. The maximum atomic E-state index is 11.9. The van der Waals surface area contributed by atoms with Crippen molar-refractivity contribution in [2.75, 3.05) is 6.61 Å². The first-order valence-electron chi connectivity index (χ1n) is 5.52. The molecule has 1 saturated heterocycles. The Morgan fingerprint density at radius 3 is 2.41 bits per heavy atom. The van der Waals surface area contributed by atoms with E-state index < -0.39 is 11.6 Å². The van der Waals surface area contributed by atoms with Crippen LogP contribution in [0.4, 0.5) is 0 Å². The molecular weight excluding hydrogens is 216 g/mol. The lowest BCUT2D eigenvalue weighted by Gasteiger charge is -2.35. The van der Waals surface area contributed by atoms with Crippen LogP contribution in [0.2, 0.25) is 0 Å². The van der Waals surface area contributed by atoms with Crippen LogP contribution in [-0.4, -0.2) is 18.2 Å². The molecule has 1 aromatic carbocycles. The van der Waals surface area contributed by atoms with Gasteiger partial charge < -0.3 is 4.74 Å². The zero-order valence-corrected chi connectivity index (χ0v) is 9.68. The van der Waals surface area contributed by atoms with Crippen molar-refractivity contribution in [3.63, 3.8) is 0 Å². The van der Waals surface area contributed by atoms with Gasteiger partial charge in [-0.1, -0.05) is 36.9 Å². The minimum absolute atomic E-state index is 0.285. The lowest BCUT2D eigenvalue weighted by molar-refractivity contribution is -0.160. The molecule has 1 aliphatic heterocycles. The fourth-order valence-corrected chi connectivity index (χ4v) is 1.85. The minimum atomic E-state index is -0.487. The molecule has 3 heteroatoms. The fourth-order valence-electron chi connectivity index (χ4n) is 1.85. The van der Waals surface area contributed by atoms with Gasteiger partial charge in [-0.15, -0.1) is 0 Å². The standard InChI is InChI=1S/C14H14O3/c1-9(2)12(15)13(16)11-8-17-14(11)10-6-4-3-5-7-10/h3-7,11,14H,1,8H2,2H3. The first-order chi connectivity index (χ1) is 8.11. The van der Waals surface area contributed by atoms with Gasteiger partial charge in [0, 0.05) is 0 Å². The SMILES string of the molecule is C=C(C)C(=O)C(=O)C1COC1c1ccccc1. The van der Waals surface area contributed by atoms with Crippen molar-refractivity contribution < 1.29 is 14.3 Å². The summed E-state index contributed by atoms with van der Waals surface area (Å²) < 4.78 is 5.38. The monoisotopic (exact) mass is 230 g/mol. The summed E-state index contributed by atoms with van der Waals surface area (Å²) in [5.74, 6) is -1.24. The van der Waals surface area contributed by atoms with Crippen molar-refractivity contribution in [3.8, 4) is 0 Å². The average molecular weight is 230 g/mol. The van der Waals surface area contributed by atoms with E-state index in [0.29, 0.717) is 6.61 Å². The average Bonchev–Trinajstić information content (AvgIpc) is 2.27. The van der Waals surface area contributed by atoms with Crippen molar-refractivity contribution in [3.05, 3.63) is 48.0 Å². The lowest BCUT2D eigenvalue weighted by Crippen LogP contribution is -2.41. The number of carbonyl (C=O) groups excluding carboxylic acids is 2. The second-order valence-corrected chi connectivity index (χ2v) is 4.24. The molecule has 0 amide bonds. The number of ketones is 2. The molecule has 88 valence electrons. The highest BCUT2D eigenvalue weighted by Crippen LogP contribution is 2.36. The highest BCUT2D eigenvalue weighted by Gasteiger charge is 2.41. The molecule has 2 unspecified atom stereocenters. The molecule has 1 fully saturated rings. The van der Waals surface area contributed by atoms with Gasteiger partial charge in [0.25, 0.3) is 0 Å². The Kier molecular flexibility index (Phi) is 3.20. The largest absolute Gasteiger partial charge is 0.372 e. The lowest BCUT2D eigenvalue weighted by atomic mass is 9.85. The summed E-state index contributed by atoms with van der Waals surface area (Å²) >= 11 is 0. The van der Waals surface area contributed by atoms with Crippen LogP contribution in [0.5, 0.6) is 0 Å². The van der Waals surface area contributed by atoms with E-state index >= 15 is 0 Å². The van der Waals surface area contributed by atoms with E-state index in [9.17, 15) is 9.59 Å².